The van der Waals surface area contributed by atoms with Gasteiger partial charge in [0.05, 0.1) is 27.5 Å². The summed E-state index contributed by atoms with van der Waals surface area (Å²) in [4.78, 5) is 3.64. The molecule has 3 rings (SSSR count). The molecule has 0 amide bonds. The van der Waals surface area contributed by atoms with Crippen molar-refractivity contribution < 1.29 is 26.3 Å². The standard InChI is InChI=1S/C19H14ClF6N9/c20-13-5-12(19(24,25)26)9-31-17(13)29-4-3-28-14-2-1-11(18(21,22)23)6-15(14)30-8-10(7-27)16-32-34-35-33-16/h1-2,5-6,8-9,28,30H,3-4H2,(H,29,31)(H,32,33,34,35). The molecule has 0 saturated carbocycles. The van der Waals surface area contributed by atoms with E-state index >= 15 is 0 Å². The molecule has 9 nitrogen and oxygen atoms in total. The summed E-state index contributed by atoms with van der Waals surface area (Å²) >= 11 is 5.83. The van der Waals surface area contributed by atoms with Gasteiger partial charge in [0.1, 0.15) is 17.5 Å². The first kappa shape index (κ1) is 25.6. The molecule has 0 fully saturated rings. The first-order valence-corrected chi connectivity index (χ1v) is 9.89. The Labute approximate surface area is 198 Å². The molecule has 0 bridgehead atoms. The van der Waals surface area contributed by atoms with Gasteiger partial charge in [0.15, 0.2) is 0 Å². The van der Waals surface area contributed by atoms with Crippen LogP contribution in [0.1, 0.15) is 17.0 Å². The van der Waals surface area contributed by atoms with Crippen LogP contribution in [-0.2, 0) is 12.4 Å². The van der Waals surface area contributed by atoms with Crippen molar-refractivity contribution in [2.75, 3.05) is 29.0 Å². The normalized spacial score (nSPS) is 12.2. The lowest BCUT2D eigenvalue weighted by Gasteiger charge is -2.16. The molecule has 4 N–H and O–H groups in total. The van der Waals surface area contributed by atoms with E-state index in [-0.39, 0.29) is 46.7 Å². The van der Waals surface area contributed by atoms with E-state index in [4.69, 9.17) is 11.6 Å². The highest BCUT2D eigenvalue weighted by molar-refractivity contribution is 6.32. The fourth-order valence-corrected chi connectivity index (χ4v) is 2.90. The molecule has 1 aromatic carbocycles. The van der Waals surface area contributed by atoms with Crippen molar-refractivity contribution in [3.8, 4) is 6.07 Å². The van der Waals surface area contributed by atoms with E-state index in [1.807, 2.05) is 0 Å². The number of aromatic nitrogens is 5. The molecule has 0 atom stereocenters. The Balaban J connectivity index is 1.71. The number of hydrogen-bond donors (Lipinski definition) is 4. The molecule has 3 aromatic rings. The van der Waals surface area contributed by atoms with Gasteiger partial charge in [-0.05, 0) is 29.5 Å². The third kappa shape index (κ3) is 6.73. The van der Waals surface area contributed by atoms with Gasteiger partial charge in [-0.2, -0.15) is 36.8 Å². The number of rotatable bonds is 8. The summed E-state index contributed by atoms with van der Waals surface area (Å²) in [6, 6.07) is 5.41. The molecule has 0 saturated heterocycles. The van der Waals surface area contributed by atoms with Gasteiger partial charge >= 0.3 is 12.4 Å². The number of tetrazole rings is 1. The van der Waals surface area contributed by atoms with Gasteiger partial charge in [-0.3, -0.25) is 0 Å². The minimum Gasteiger partial charge on any atom is -0.382 e. The topological polar surface area (TPSA) is 127 Å². The van der Waals surface area contributed by atoms with E-state index in [2.05, 4.69) is 41.6 Å². The van der Waals surface area contributed by atoms with Gasteiger partial charge in [-0.25, -0.2) is 4.98 Å². The van der Waals surface area contributed by atoms with Crippen LogP contribution in [0.25, 0.3) is 5.57 Å². The quantitative estimate of drug-likeness (QED) is 0.191. The van der Waals surface area contributed by atoms with E-state index in [0.29, 0.717) is 6.20 Å². The largest absolute Gasteiger partial charge is 0.417 e. The molecule has 2 aromatic heterocycles. The van der Waals surface area contributed by atoms with Crippen LogP contribution in [0, 0.1) is 11.3 Å². The molecule has 0 aliphatic carbocycles. The van der Waals surface area contributed by atoms with Gasteiger partial charge in [-0.1, -0.05) is 11.6 Å². The predicted octanol–water partition coefficient (Wildman–Crippen LogP) is 4.79. The highest BCUT2D eigenvalue weighted by Crippen LogP contribution is 2.35. The molecular weight excluding hydrogens is 504 g/mol. The molecule has 0 radical (unpaired) electrons. The SMILES string of the molecule is N#CC(=CNc1cc(C(F)(F)F)ccc1NCCNc1ncc(C(F)(F)F)cc1Cl)c1nn[nH]n1. The van der Waals surface area contributed by atoms with Crippen LogP contribution in [0.4, 0.5) is 43.5 Å². The summed E-state index contributed by atoms with van der Waals surface area (Å²) in [6.45, 7) is 0.236. The average Bonchev–Trinajstić information content (AvgIpc) is 3.32. The third-order valence-corrected chi connectivity index (χ3v) is 4.62. The van der Waals surface area contributed by atoms with Crippen LogP contribution in [0.5, 0.6) is 0 Å². The van der Waals surface area contributed by atoms with Crippen LogP contribution < -0.4 is 16.0 Å². The second kappa shape index (κ2) is 10.5. The monoisotopic (exact) mass is 517 g/mol. The fraction of sp³-hybridized carbons (Fsp3) is 0.211. The Hall–Kier alpha value is -4.06. The highest BCUT2D eigenvalue weighted by atomic mass is 35.5. The smallest absolute Gasteiger partial charge is 0.382 e. The van der Waals surface area contributed by atoms with E-state index in [1.165, 1.54) is 6.07 Å². The van der Waals surface area contributed by atoms with Crippen LogP contribution in [-0.4, -0.2) is 38.7 Å². The molecule has 0 spiro atoms. The summed E-state index contributed by atoms with van der Waals surface area (Å²) in [7, 11) is 0. The Morgan fingerprint density at radius 1 is 1.03 bits per heavy atom. The summed E-state index contributed by atoms with van der Waals surface area (Å²) in [5.41, 5.74) is -1.80. The van der Waals surface area contributed by atoms with Gasteiger partial charge in [-0.15, -0.1) is 10.2 Å². The third-order valence-electron chi connectivity index (χ3n) is 4.33. The minimum absolute atomic E-state index is 0.00828. The van der Waals surface area contributed by atoms with E-state index in [1.54, 1.807) is 6.07 Å². The van der Waals surface area contributed by atoms with Gasteiger partial charge in [0.2, 0.25) is 5.82 Å². The highest BCUT2D eigenvalue weighted by Gasteiger charge is 2.32. The lowest BCUT2D eigenvalue weighted by molar-refractivity contribution is -0.138. The maximum Gasteiger partial charge on any atom is 0.417 e. The van der Waals surface area contributed by atoms with E-state index in [9.17, 15) is 31.6 Å². The number of pyridine rings is 1. The number of nitrogens with zero attached hydrogens (tertiary/aromatic N) is 5. The Kier molecular flexibility index (Phi) is 7.65. The van der Waals surface area contributed by atoms with Crippen molar-refractivity contribution >= 4 is 34.4 Å². The van der Waals surface area contributed by atoms with Crippen LogP contribution >= 0.6 is 11.6 Å². The molecule has 0 unspecified atom stereocenters. The van der Waals surface area contributed by atoms with Crippen molar-refractivity contribution in [1.82, 2.24) is 25.6 Å². The zero-order valence-corrected chi connectivity index (χ0v) is 18.0. The molecule has 0 aliphatic heterocycles. The van der Waals surface area contributed by atoms with Gasteiger partial charge in [0, 0.05) is 25.5 Å². The molecule has 184 valence electrons. The summed E-state index contributed by atoms with van der Waals surface area (Å²) in [6.07, 6.45) is -7.46. The van der Waals surface area contributed by atoms with Crippen molar-refractivity contribution in [2.45, 2.75) is 12.4 Å². The van der Waals surface area contributed by atoms with Gasteiger partial charge in [0.25, 0.3) is 0 Å². The molecular formula is C19H14ClF6N9. The zero-order chi connectivity index (χ0) is 25.6. The first-order chi connectivity index (χ1) is 16.5. The van der Waals surface area contributed by atoms with Crippen LogP contribution in [0.3, 0.4) is 0 Å². The van der Waals surface area contributed by atoms with Gasteiger partial charge < -0.3 is 16.0 Å². The first-order valence-electron chi connectivity index (χ1n) is 9.51. The molecule has 35 heavy (non-hydrogen) atoms. The number of nitriles is 1. The number of halogens is 7. The fourth-order valence-electron chi connectivity index (χ4n) is 2.67. The number of hydrogen-bond acceptors (Lipinski definition) is 8. The molecule has 16 heteroatoms. The Morgan fingerprint density at radius 2 is 1.74 bits per heavy atom. The number of anilines is 3. The number of aromatic amines is 1. The van der Waals surface area contributed by atoms with Crippen molar-refractivity contribution in [3.63, 3.8) is 0 Å². The zero-order valence-electron chi connectivity index (χ0n) is 17.3. The second-order valence-corrected chi connectivity index (χ2v) is 7.12. The van der Waals surface area contributed by atoms with Crippen molar-refractivity contribution in [2.24, 2.45) is 0 Å². The molecule has 2 heterocycles. The van der Waals surface area contributed by atoms with Crippen molar-refractivity contribution in [3.05, 3.63) is 58.6 Å². The maximum atomic E-state index is 13.2. The number of H-pyrrole nitrogens is 1. The number of allylic oxidation sites excluding steroid dienone is 1. The Bertz CT molecular complexity index is 1230. The van der Waals surface area contributed by atoms with Crippen LogP contribution in [0.2, 0.25) is 5.02 Å². The Morgan fingerprint density at radius 3 is 2.34 bits per heavy atom. The van der Waals surface area contributed by atoms with E-state index < -0.39 is 23.5 Å². The lowest BCUT2D eigenvalue weighted by atomic mass is 10.1. The average molecular weight is 518 g/mol. The lowest BCUT2D eigenvalue weighted by Crippen LogP contribution is -2.16. The number of benzene rings is 1. The second-order valence-electron chi connectivity index (χ2n) is 6.71. The summed E-state index contributed by atoms with van der Waals surface area (Å²) < 4.78 is 77.7. The number of nitrogens with one attached hydrogen (secondary N) is 4. The van der Waals surface area contributed by atoms with E-state index in [0.717, 1.165) is 24.4 Å². The summed E-state index contributed by atoms with van der Waals surface area (Å²) in [5.74, 6) is -0.0550. The minimum atomic E-state index is -4.61. The predicted molar refractivity (Wildman–Crippen MR) is 114 cm³/mol. The van der Waals surface area contributed by atoms with Crippen molar-refractivity contribution in [1.29, 1.82) is 5.26 Å². The molecule has 0 aliphatic rings. The maximum absolute atomic E-state index is 13.2. The van der Waals surface area contributed by atoms with Crippen LogP contribution in [0.15, 0.2) is 36.7 Å². The summed E-state index contributed by atoms with van der Waals surface area (Å²) in [5, 5.41) is 30.0. The number of alkyl halides is 6.